The molecule has 1 rings (SSSR count). The number of aromatic nitrogens is 1. The van der Waals surface area contributed by atoms with Crippen molar-refractivity contribution in [2.45, 2.75) is 25.8 Å². The van der Waals surface area contributed by atoms with E-state index >= 15 is 0 Å². The fourth-order valence-electron chi connectivity index (χ4n) is 1.17. The Hall–Kier alpha value is -1.11. The Balaban J connectivity index is 2.20. The van der Waals surface area contributed by atoms with Gasteiger partial charge in [-0.15, -0.1) is 6.58 Å². The Bertz CT molecular complexity index is 216. The van der Waals surface area contributed by atoms with Gasteiger partial charge in [0.25, 0.3) is 0 Å². The molecule has 0 aliphatic carbocycles. The van der Waals surface area contributed by atoms with Crippen molar-refractivity contribution in [2.24, 2.45) is 0 Å². The maximum atomic E-state index is 3.70. The van der Waals surface area contributed by atoms with Gasteiger partial charge in [0.1, 0.15) is 6.54 Å². The second kappa shape index (κ2) is 5.53. The standard InChI is InChI=1S/C11H16N/c1-2-3-4-6-9-12-10-7-5-8-11-12/h2,5,7-8,10-11H,1,3-4,6,9H2/q+1. The van der Waals surface area contributed by atoms with Crippen molar-refractivity contribution in [3.63, 3.8) is 0 Å². The van der Waals surface area contributed by atoms with Gasteiger partial charge in [-0.1, -0.05) is 12.1 Å². The highest BCUT2D eigenvalue weighted by Crippen LogP contribution is 1.94. The van der Waals surface area contributed by atoms with E-state index in [9.17, 15) is 0 Å². The van der Waals surface area contributed by atoms with Gasteiger partial charge in [-0.2, -0.15) is 0 Å². The molecule has 0 spiro atoms. The second-order valence-corrected chi connectivity index (χ2v) is 2.90. The molecule has 0 aliphatic heterocycles. The maximum Gasteiger partial charge on any atom is 0.168 e. The topological polar surface area (TPSA) is 3.88 Å². The van der Waals surface area contributed by atoms with Gasteiger partial charge in [0.2, 0.25) is 0 Å². The molecule has 0 aliphatic rings. The number of unbranched alkanes of at least 4 members (excludes halogenated alkanes) is 2. The van der Waals surface area contributed by atoms with Crippen LogP contribution in [-0.2, 0) is 6.54 Å². The molecule has 0 saturated carbocycles. The van der Waals surface area contributed by atoms with Crippen LogP contribution in [0.4, 0.5) is 0 Å². The van der Waals surface area contributed by atoms with Crippen LogP contribution < -0.4 is 4.57 Å². The molecule has 0 radical (unpaired) electrons. The number of aryl methyl sites for hydroxylation is 1. The summed E-state index contributed by atoms with van der Waals surface area (Å²) >= 11 is 0. The first-order valence-corrected chi connectivity index (χ1v) is 4.48. The monoisotopic (exact) mass is 162 g/mol. The van der Waals surface area contributed by atoms with E-state index in [0.717, 1.165) is 13.0 Å². The fraction of sp³-hybridized carbons (Fsp3) is 0.364. The Morgan fingerprint density at radius 2 is 1.83 bits per heavy atom. The minimum Gasteiger partial charge on any atom is -0.205 e. The van der Waals surface area contributed by atoms with Gasteiger partial charge < -0.3 is 0 Å². The highest BCUT2D eigenvalue weighted by Gasteiger charge is 1.95. The van der Waals surface area contributed by atoms with E-state index in [1.54, 1.807) is 0 Å². The lowest BCUT2D eigenvalue weighted by Gasteiger charge is -1.94. The van der Waals surface area contributed by atoms with Crippen molar-refractivity contribution in [3.05, 3.63) is 43.2 Å². The van der Waals surface area contributed by atoms with Crippen LogP contribution in [0.2, 0.25) is 0 Å². The van der Waals surface area contributed by atoms with Crippen LogP contribution in [-0.4, -0.2) is 0 Å². The SMILES string of the molecule is C=CCCCC[n+]1ccccc1. The first-order valence-electron chi connectivity index (χ1n) is 4.48. The Kier molecular flexibility index (Phi) is 4.14. The Labute approximate surface area is 74.4 Å². The van der Waals surface area contributed by atoms with Crippen molar-refractivity contribution >= 4 is 0 Å². The number of nitrogens with zero attached hydrogens (tertiary/aromatic N) is 1. The molecule has 1 aromatic rings. The van der Waals surface area contributed by atoms with Gasteiger partial charge >= 0.3 is 0 Å². The molecule has 0 aromatic carbocycles. The number of hydrogen-bond acceptors (Lipinski definition) is 0. The molecule has 1 aromatic heterocycles. The number of rotatable bonds is 5. The first-order chi connectivity index (χ1) is 5.93. The minimum absolute atomic E-state index is 1.12. The fourth-order valence-corrected chi connectivity index (χ4v) is 1.17. The number of hydrogen-bond donors (Lipinski definition) is 0. The summed E-state index contributed by atoms with van der Waals surface area (Å²) in [6.45, 7) is 4.82. The molecule has 0 fully saturated rings. The molecular weight excluding hydrogens is 146 g/mol. The van der Waals surface area contributed by atoms with Crippen molar-refractivity contribution in [1.82, 2.24) is 0 Å². The summed E-state index contributed by atoms with van der Waals surface area (Å²) in [6.07, 6.45) is 9.80. The molecule has 1 heterocycles. The van der Waals surface area contributed by atoms with Gasteiger partial charge in [0.15, 0.2) is 12.4 Å². The minimum atomic E-state index is 1.12. The van der Waals surface area contributed by atoms with Gasteiger partial charge in [0, 0.05) is 18.6 Å². The van der Waals surface area contributed by atoms with Crippen LogP contribution in [0.15, 0.2) is 43.2 Å². The average Bonchev–Trinajstić information content (AvgIpc) is 2.14. The van der Waals surface area contributed by atoms with Gasteiger partial charge in [-0.05, 0) is 12.8 Å². The largest absolute Gasteiger partial charge is 0.205 e. The predicted octanol–water partition coefficient (Wildman–Crippen LogP) is 2.33. The molecule has 1 heteroatoms. The molecule has 64 valence electrons. The third kappa shape index (κ3) is 3.33. The van der Waals surface area contributed by atoms with Crippen LogP contribution in [0.5, 0.6) is 0 Å². The predicted molar refractivity (Wildman–Crippen MR) is 50.7 cm³/mol. The molecule has 0 amide bonds. The number of allylic oxidation sites excluding steroid dienone is 1. The summed E-state index contributed by atoms with van der Waals surface area (Å²) in [5.74, 6) is 0. The summed E-state index contributed by atoms with van der Waals surface area (Å²) in [6, 6.07) is 6.17. The van der Waals surface area contributed by atoms with Gasteiger partial charge in [0.05, 0.1) is 0 Å². The molecule has 0 atom stereocenters. The first kappa shape index (κ1) is 8.98. The van der Waals surface area contributed by atoms with Crippen molar-refractivity contribution in [3.8, 4) is 0 Å². The summed E-state index contributed by atoms with van der Waals surface area (Å²) in [5.41, 5.74) is 0. The Morgan fingerprint density at radius 1 is 1.08 bits per heavy atom. The van der Waals surface area contributed by atoms with Crippen molar-refractivity contribution in [2.75, 3.05) is 0 Å². The summed E-state index contributed by atoms with van der Waals surface area (Å²) in [7, 11) is 0. The van der Waals surface area contributed by atoms with E-state index in [1.807, 2.05) is 12.1 Å². The normalized spacial score (nSPS) is 9.67. The van der Waals surface area contributed by atoms with Crippen LogP contribution in [0.25, 0.3) is 0 Å². The van der Waals surface area contributed by atoms with E-state index in [1.165, 1.54) is 12.8 Å². The van der Waals surface area contributed by atoms with Crippen LogP contribution in [0, 0.1) is 0 Å². The smallest absolute Gasteiger partial charge is 0.168 e. The molecule has 0 unspecified atom stereocenters. The third-order valence-electron chi connectivity index (χ3n) is 1.85. The molecule has 0 saturated heterocycles. The second-order valence-electron chi connectivity index (χ2n) is 2.90. The van der Waals surface area contributed by atoms with Crippen LogP contribution in [0.3, 0.4) is 0 Å². The van der Waals surface area contributed by atoms with E-state index in [-0.39, 0.29) is 0 Å². The molecule has 0 bridgehead atoms. The van der Waals surface area contributed by atoms with Crippen molar-refractivity contribution in [1.29, 1.82) is 0 Å². The average molecular weight is 162 g/mol. The summed E-state index contributed by atoms with van der Waals surface area (Å²) in [5, 5.41) is 0. The van der Waals surface area contributed by atoms with Gasteiger partial charge in [-0.3, -0.25) is 0 Å². The quantitative estimate of drug-likeness (QED) is 0.355. The lowest BCUT2D eigenvalue weighted by molar-refractivity contribution is -0.697. The maximum absolute atomic E-state index is 3.70. The third-order valence-corrected chi connectivity index (χ3v) is 1.85. The van der Waals surface area contributed by atoms with Crippen LogP contribution >= 0.6 is 0 Å². The lowest BCUT2D eigenvalue weighted by Crippen LogP contribution is -2.32. The highest BCUT2D eigenvalue weighted by atomic mass is 14.9. The molecule has 12 heavy (non-hydrogen) atoms. The van der Waals surface area contributed by atoms with E-state index in [2.05, 4.69) is 35.7 Å². The summed E-state index contributed by atoms with van der Waals surface area (Å²) in [4.78, 5) is 0. The van der Waals surface area contributed by atoms with Crippen molar-refractivity contribution < 1.29 is 4.57 Å². The zero-order valence-corrected chi connectivity index (χ0v) is 7.45. The zero-order valence-electron chi connectivity index (χ0n) is 7.45. The van der Waals surface area contributed by atoms with E-state index in [0.29, 0.717) is 0 Å². The van der Waals surface area contributed by atoms with Crippen LogP contribution in [0.1, 0.15) is 19.3 Å². The summed E-state index contributed by atoms with van der Waals surface area (Å²) < 4.78 is 2.21. The number of pyridine rings is 1. The molecule has 0 N–H and O–H groups in total. The Morgan fingerprint density at radius 3 is 2.50 bits per heavy atom. The van der Waals surface area contributed by atoms with E-state index in [4.69, 9.17) is 0 Å². The van der Waals surface area contributed by atoms with E-state index < -0.39 is 0 Å². The zero-order chi connectivity index (χ0) is 8.65. The van der Waals surface area contributed by atoms with Gasteiger partial charge in [-0.25, -0.2) is 4.57 Å². The lowest BCUT2D eigenvalue weighted by atomic mass is 10.2. The molecule has 1 nitrogen and oxygen atoms in total. The molecular formula is C11H16N+. The highest BCUT2D eigenvalue weighted by molar-refractivity contribution is 4.83.